The maximum absolute atomic E-state index is 11.1. The molecule has 1 aliphatic rings. The van der Waals surface area contributed by atoms with Crippen molar-refractivity contribution in [3.8, 4) is 0 Å². The fraction of sp³-hybridized carbons (Fsp3) is 0.545. The van der Waals surface area contributed by atoms with E-state index in [1.54, 1.807) is 11.3 Å². The van der Waals surface area contributed by atoms with E-state index in [1.165, 1.54) is 24.1 Å². The third kappa shape index (κ3) is 2.26. The molecule has 2 rings (SSSR count). The van der Waals surface area contributed by atoms with Gasteiger partial charge in [-0.05, 0) is 47.2 Å². The molecule has 0 saturated heterocycles. The van der Waals surface area contributed by atoms with E-state index >= 15 is 0 Å². The van der Waals surface area contributed by atoms with Gasteiger partial charge in [-0.25, -0.2) is 4.79 Å². The van der Waals surface area contributed by atoms with Gasteiger partial charge >= 0.3 is 5.97 Å². The zero-order chi connectivity index (χ0) is 10.8. The van der Waals surface area contributed by atoms with Crippen LogP contribution in [0.3, 0.4) is 0 Å². The molecule has 15 heavy (non-hydrogen) atoms. The van der Waals surface area contributed by atoms with E-state index in [-0.39, 0.29) is 0 Å². The monoisotopic (exact) mass is 288 g/mol. The van der Waals surface area contributed by atoms with Crippen LogP contribution in [0.1, 0.15) is 46.5 Å². The van der Waals surface area contributed by atoms with Gasteiger partial charge < -0.3 is 5.11 Å². The molecule has 0 aromatic carbocycles. The summed E-state index contributed by atoms with van der Waals surface area (Å²) in [5.74, 6) is -0.792. The highest BCUT2D eigenvalue weighted by atomic mass is 79.9. The molecule has 1 N–H and O–H groups in total. The molecule has 82 valence electrons. The number of aromatic carboxylic acids is 1. The second-order valence-corrected chi connectivity index (χ2v) is 6.29. The normalized spacial score (nSPS) is 16.6. The van der Waals surface area contributed by atoms with E-state index in [0.29, 0.717) is 5.56 Å². The lowest BCUT2D eigenvalue weighted by Crippen LogP contribution is -2.03. The standard InChI is InChI=1S/C11H13BrO2S/c12-10-9(11(13)14)7-5-3-1-2-4-6-8(7)15-10/h1-6H2,(H,13,14). The lowest BCUT2D eigenvalue weighted by molar-refractivity contribution is 0.0695. The van der Waals surface area contributed by atoms with Gasteiger partial charge in [-0.2, -0.15) is 0 Å². The average molecular weight is 289 g/mol. The fourth-order valence-electron chi connectivity index (χ4n) is 2.10. The lowest BCUT2D eigenvalue weighted by atomic mass is 9.97. The summed E-state index contributed by atoms with van der Waals surface area (Å²) in [5.41, 5.74) is 1.59. The van der Waals surface area contributed by atoms with Crippen LogP contribution in [-0.2, 0) is 12.8 Å². The molecule has 0 amide bonds. The van der Waals surface area contributed by atoms with Crippen molar-refractivity contribution in [1.82, 2.24) is 0 Å². The van der Waals surface area contributed by atoms with E-state index in [4.69, 9.17) is 5.11 Å². The predicted octanol–water partition coefficient (Wildman–Crippen LogP) is 3.87. The molecule has 0 fully saturated rings. The van der Waals surface area contributed by atoms with Crippen LogP contribution in [-0.4, -0.2) is 11.1 Å². The van der Waals surface area contributed by atoms with Crippen LogP contribution in [0.15, 0.2) is 3.79 Å². The summed E-state index contributed by atoms with van der Waals surface area (Å²) in [6, 6.07) is 0. The topological polar surface area (TPSA) is 37.3 Å². The SMILES string of the molecule is O=C(O)c1c(Br)sc2c1CCCCCC2. The number of carbonyl (C=O) groups is 1. The number of hydrogen-bond acceptors (Lipinski definition) is 2. The van der Waals surface area contributed by atoms with Crippen molar-refractivity contribution < 1.29 is 9.90 Å². The first-order chi connectivity index (χ1) is 7.20. The summed E-state index contributed by atoms with van der Waals surface area (Å²) in [6.45, 7) is 0. The number of aryl methyl sites for hydroxylation is 1. The summed E-state index contributed by atoms with van der Waals surface area (Å²) in [7, 11) is 0. The van der Waals surface area contributed by atoms with E-state index in [2.05, 4.69) is 15.9 Å². The number of carboxylic acids is 1. The van der Waals surface area contributed by atoms with Gasteiger partial charge in [0.25, 0.3) is 0 Å². The largest absolute Gasteiger partial charge is 0.478 e. The summed E-state index contributed by atoms with van der Waals surface area (Å²) in [6.07, 6.45) is 6.80. The number of rotatable bonds is 1. The van der Waals surface area contributed by atoms with E-state index < -0.39 is 5.97 Å². The molecule has 0 atom stereocenters. The van der Waals surface area contributed by atoms with Crippen LogP contribution in [0.25, 0.3) is 0 Å². The number of thiophene rings is 1. The molecule has 0 aliphatic heterocycles. The van der Waals surface area contributed by atoms with Crippen molar-refractivity contribution in [2.75, 3.05) is 0 Å². The quantitative estimate of drug-likeness (QED) is 0.852. The van der Waals surface area contributed by atoms with Gasteiger partial charge in [0.15, 0.2) is 0 Å². The van der Waals surface area contributed by atoms with Crippen molar-refractivity contribution >= 4 is 33.2 Å². The van der Waals surface area contributed by atoms with Gasteiger partial charge in [0.2, 0.25) is 0 Å². The first kappa shape index (κ1) is 11.1. The Labute approximate surface area is 101 Å². The first-order valence-electron chi connectivity index (χ1n) is 5.23. The third-order valence-electron chi connectivity index (χ3n) is 2.84. The highest BCUT2D eigenvalue weighted by Gasteiger charge is 2.22. The Hall–Kier alpha value is -0.350. The van der Waals surface area contributed by atoms with Gasteiger partial charge in [0.05, 0.1) is 9.35 Å². The van der Waals surface area contributed by atoms with Crippen molar-refractivity contribution in [2.45, 2.75) is 38.5 Å². The molecule has 0 radical (unpaired) electrons. The predicted molar refractivity (Wildman–Crippen MR) is 64.9 cm³/mol. The minimum atomic E-state index is -0.792. The number of hydrogen-bond donors (Lipinski definition) is 1. The Morgan fingerprint density at radius 1 is 1.20 bits per heavy atom. The molecule has 1 aliphatic carbocycles. The minimum absolute atomic E-state index is 0.511. The molecule has 1 aromatic heterocycles. The zero-order valence-corrected chi connectivity index (χ0v) is 10.8. The van der Waals surface area contributed by atoms with E-state index in [1.807, 2.05) is 0 Å². The second-order valence-electron chi connectivity index (χ2n) is 3.87. The third-order valence-corrected chi connectivity index (χ3v) is 4.80. The van der Waals surface area contributed by atoms with Crippen LogP contribution in [0.5, 0.6) is 0 Å². The summed E-state index contributed by atoms with van der Waals surface area (Å²) in [5, 5.41) is 9.15. The number of fused-ring (bicyclic) bond motifs is 1. The first-order valence-corrected chi connectivity index (χ1v) is 6.84. The molecule has 0 unspecified atom stereocenters. The Morgan fingerprint density at radius 3 is 2.53 bits per heavy atom. The molecular formula is C11H13BrO2S. The van der Waals surface area contributed by atoms with Gasteiger partial charge in [0, 0.05) is 4.88 Å². The molecule has 0 bridgehead atoms. The van der Waals surface area contributed by atoms with Crippen LogP contribution >= 0.6 is 27.3 Å². The maximum atomic E-state index is 11.1. The second kappa shape index (κ2) is 4.66. The maximum Gasteiger partial charge on any atom is 0.338 e. The minimum Gasteiger partial charge on any atom is -0.478 e. The number of carboxylic acid groups (broad SMARTS) is 1. The fourth-order valence-corrected chi connectivity index (χ4v) is 4.20. The van der Waals surface area contributed by atoms with Gasteiger partial charge in [0.1, 0.15) is 0 Å². The molecule has 2 nitrogen and oxygen atoms in total. The Kier molecular flexibility index (Phi) is 3.46. The van der Waals surface area contributed by atoms with Crippen molar-refractivity contribution in [2.24, 2.45) is 0 Å². The molecule has 1 aromatic rings. The summed E-state index contributed by atoms with van der Waals surface area (Å²) in [4.78, 5) is 12.4. The lowest BCUT2D eigenvalue weighted by Gasteiger charge is -2.09. The van der Waals surface area contributed by atoms with Gasteiger partial charge in [-0.15, -0.1) is 11.3 Å². The van der Waals surface area contributed by atoms with Crippen LogP contribution in [0.2, 0.25) is 0 Å². The number of halogens is 1. The van der Waals surface area contributed by atoms with Crippen molar-refractivity contribution in [1.29, 1.82) is 0 Å². The van der Waals surface area contributed by atoms with Crippen molar-refractivity contribution in [3.05, 3.63) is 19.8 Å². The summed E-state index contributed by atoms with van der Waals surface area (Å²) < 4.78 is 0.793. The molecule has 1 heterocycles. The van der Waals surface area contributed by atoms with Gasteiger partial charge in [-0.3, -0.25) is 0 Å². The van der Waals surface area contributed by atoms with Crippen LogP contribution in [0, 0.1) is 0 Å². The van der Waals surface area contributed by atoms with Crippen molar-refractivity contribution in [3.63, 3.8) is 0 Å². The van der Waals surface area contributed by atoms with Gasteiger partial charge in [-0.1, -0.05) is 12.8 Å². The highest BCUT2D eigenvalue weighted by Crippen LogP contribution is 2.36. The molecule has 4 heteroatoms. The summed E-state index contributed by atoms with van der Waals surface area (Å²) >= 11 is 4.97. The van der Waals surface area contributed by atoms with Crippen LogP contribution < -0.4 is 0 Å². The molecule has 0 saturated carbocycles. The Morgan fingerprint density at radius 2 is 1.87 bits per heavy atom. The van der Waals surface area contributed by atoms with E-state index in [0.717, 1.165) is 28.6 Å². The Bertz CT molecular complexity index is 384. The van der Waals surface area contributed by atoms with E-state index in [9.17, 15) is 4.79 Å². The zero-order valence-electron chi connectivity index (χ0n) is 8.38. The molecule has 0 spiro atoms. The smallest absolute Gasteiger partial charge is 0.338 e. The highest BCUT2D eigenvalue weighted by molar-refractivity contribution is 9.11. The Balaban J connectivity index is 2.43. The molecular weight excluding hydrogens is 276 g/mol. The van der Waals surface area contributed by atoms with Crippen LogP contribution in [0.4, 0.5) is 0 Å². The average Bonchev–Trinajstić information content (AvgIpc) is 2.42.